The number of ketones is 1. The zero-order valence-corrected chi connectivity index (χ0v) is 15.4. The Hall–Kier alpha value is -2.42. The van der Waals surface area contributed by atoms with Crippen molar-refractivity contribution in [3.05, 3.63) is 65.7 Å². The highest BCUT2D eigenvalue weighted by atomic mass is 16.5. The summed E-state index contributed by atoms with van der Waals surface area (Å²) in [6.45, 7) is 0. The molecule has 2 aromatic carbocycles. The highest BCUT2D eigenvalue weighted by molar-refractivity contribution is 6.09. The third-order valence-electron chi connectivity index (χ3n) is 6.83. The number of ether oxygens (including phenoxy) is 1. The molecule has 3 nitrogen and oxygen atoms in total. The summed E-state index contributed by atoms with van der Waals surface area (Å²) in [5.41, 5.74) is 1.01. The zero-order chi connectivity index (χ0) is 18.4. The van der Waals surface area contributed by atoms with E-state index in [9.17, 15) is 9.59 Å². The van der Waals surface area contributed by atoms with Crippen LogP contribution < -0.4 is 4.74 Å². The Labute approximate surface area is 159 Å². The number of carbonyl (C=O) groups is 2. The van der Waals surface area contributed by atoms with Crippen LogP contribution in [0.3, 0.4) is 0 Å². The van der Waals surface area contributed by atoms with Crippen LogP contribution in [0.15, 0.2) is 54.6 Å². The van der Waals surface area contributed by atoms with Crippen molar-refractivity contribution in [1.29, 1.82) is 0 Å². The Balaban J connectivity index is 1.30. The van der Waals surface area contributed by atoms with E-state index in [4.69, 9.17) is 4.74 Å². The molecule has 2 aromatic rings. The average molecular weight is 360 g/mol. The Morgan fingerprint density at radius 3 is 1.81 bits per heavy atom. The van der Waals surface area contributed by atoms with E-state index in [2.05, 4.69) is 0 Å². The van der Waals surface area contributed by atoms with Crippen LogP contribution in [0.1, 0.15) is 54.4 Å². The molecule has 4 bridgehead atoms. The third-order valence-corrected chi connectivity index (χ3v) is 6.83. The minimum Gasteiger partial charge on any atom is -0.426 e. The monoisotopic (exact) mass is 360 g/mol. The summed E-state index contributed by atoms with van der Waals surface area (Å²) in [4.78, 5) is 25.5. The molecule has 0 unspecified atom stereocenters. The fraction of sp³-hybridized carbons (Fsp3) is 0.417. The third kappa shape index (κ3) is 2.99. The first-order chi connectivity index (χ1) is 13.1. The van der Waals surface area contributed by atoms with Crippen molar-refractivity contribution >= 4 is 11.8 Å². The Morgan fingerprint density at radius 1 is 0.741 bits per heavy atom. The van der Waals surface area contributed by atoms with E-state index in [1.54, 1.807) is 24.3 Å². The largest absolute Gasteiger partial charge is 0.426 e. The summed E-state index contributed by atoms with van der Waals surface area (Å²) < 4.78 is 5.79. The Kier molecular flexibility index (Phi) is 3.92. The summed E-state index contributed by atoms with van der Waals surface area (Å²) in [5.74, 6) is 2.62. The molecular weight excluding hydrogens is 336 g/mol. The van der Waals surface area contributed by atoms with E-state index in [-0.39, 0.29) is 17.2 Å². The van der Waals surface area contributed by atoms with Crippen molar-refractivity contribution in [2.45, 2.75) is 38.5 Å². The maximum atomic E-state index is 13.0. The molecule has 138 valence electrons. The number of esters is 1. The van der Waals surface area contributed by atoms with Crippen LogP contribution in [0, 0.1) is 23.2 Å². The summed E-state index contributed by atoms with van der Waals surface area (Å²) >= 11 is 0. The van der Waals surface area contributed by atoms with Crippen LogP contribution in [0.2, 0.25) is 0 Å². The van der Waals surface area contributed by atoms with Gasteiger partial charge in [-0.3, -0.25) is 9.59 Å². The molecule has 4 fully saturated rings. The zero-order valence-electron chi connectivity index (χ0n) is 15.4. The fourth-order valence-corrected chi connectivity index (χ4v) is 6.01. The molecule has 0 aliphatic heterocycles. The SMILES string of the molecule is O=C(c1ccccc1)c1ccc(OC(=O)C23CC4CC(CC(C4)C2)C3)cc1. The first kappa shape index (κ1) is 16.7. The lowest BCUT2D eigenvalue weighted by molar-refractivity contribution is -0.161. The van der Waals surface area contributed by atoms with Crippen LogP contribution in [0.4, 0.5) is 0 Å². The minimum atomic E-state index is -0.257. The van der Waals surface area contributed by atoms with Gasteiger partial charge in [0.1, 0.15) is 5.75 Å². The lowest BCUT2D eigenvalue weighted by Crippen LogP contribution is -2.51. The molecule has 4 aliphatic carbocycles. The predicted molar refractivity (Wildman–Crippen MR) is 103 cm³/mol. The van der Waals surface area contributed by atoms with Crippen LogP contribution in [-0.4, -0.2) is 11.8 Å². The van der Waals surface area contributed by atoms with Crippen molar-refractivity contribution in [1.82, 2.24) is 0 Å². The van der Waals surface area contributed by atoms with Crippen LogP contribution in [-0.2, 0) is 4.79 Å². The van der Waals surface area contributed by atoms with Crippen LogP contribution in [0.5, 0.6) is 5.75 Å². The summed E-state index contributed by atoms with van der Waals surface area (Å²) in [6, 6.07) is 16.2. The smallest absolute Gasteiger partial charge is 0.317 e. The summed E-state index contributed by atoms with van der Waals surface area (Å²) in [6.07, 6.45) is 6.93. The van der Waals surface area contributed by atoms with Crippen LogP contribution >= 0.6 is 0 Å². The van der Waals surface area contributed by atoms with E-state index in [1.807, 2.05) is 30.3 Å². The van der Waals surface area contributed by atoms with Gasteiger partial charge < -0.3 is 4.74 Å². The molecular formula is C24H24O3. The van der Waals surface area contributed by atoms with Gasteiger partial charge >= 0.3 is 5.97 Å². The Bertz CT molecular complexity index is 831. The van der Waals surface area contributed by atoms with Crippen molar-refractivity contribution < 1.29 is 14.3 Å². The summed E-state index contributed by atoms with van der Waals surface area (Å²) in [7, 11) is 0. The molecule has 3 heteroatoms. The maximum Gasteiger partial charge on any atom is 0.317 e. The van der Waals surface area contributed by atoms with E-state index in [1.165, 1.54) is 19.3 Å². The van der Waals surface area contributed by atoms with Gasteiger partial charge in [-0.15, -0.1) is 0 Å². The summed E-state index contributed by atoms with van der Waals surface area (Å²) in [5, 5.41) is 0. The number of benzene rings is 2. The second-order valence-electron chi connectivity index (χ2n) is 8.81. The highest BCUT2D eigenvalue weighted by Crippen LogP contribution is 2.60. The predicted octanol–water partition coefficient (Wildman–Crippen LogP) is 5.04. The van der Waals surface area contributed by atoms with E-state index >= 15 is 0 Å². The van der Waals surface area contributed by atoms with Gasteiger partial charge in [0.25, 0.3) is 0 Å². The normalized spacial score (nSPS) is 30.9. The van der Waals surface area contributed by atoms with Gasteiger partial charge in [0.15, 0.2) is 5.78 Å². The molecule has 0 saturated heterocycles. The lowest BCUT2D eigenvalue weighted by Gasteiger charge is -2.55. The number of carbonyl (C=O) groups excluding carboxylic acids is 2. The van der Waals surface area contributed by atoms with E-state index in [0.29, 0.717) is 16.9 Å². The quantitative estimate of drug-likeness (QED) is 0.436. The van der Waals surface area contributed by atoms with Gasteiger partial charge in [0, 0.05) is 11.1 Å². The molecule has 4 aliphatic rings. The minimum absolute atomic E-state index is 0.0189. The van der Waals surface area contributed by atoms with Gasteiger partial charge in [-0.1, -0.05) is 30.3 Å². The molecule has 0 N–H and O–H groups in total. The van der Waals surface area contributed by atoms with Gasteiger partial charge in [0.2, 0.25) is 0 Å². The van der Waals surface area contributed by atoms with Crippen molar-refractivity contribution in [2.75, 3.05) is 0 Å². The molecule has 0 amide bonds. The molecule has 0 spiro atoms. The van der Waals surface area contributed by atoms with E-state index < -0.39 is 0 Å². The second kappa shape index (κ2) is 6.33. The van der Waals surface area contributed by atoms with Gasteiger partial charge in [-0.05, 0) is 80.5 Å². The lowest BCUT2D eigenvalue weighted by atomic mass is 9.49. The Morgan fingerprint density at radius 2 is 1.26 bits per heavy atom. The van der Waals surface area contributed by atoms with Crippen molar-refractivity contribution in [2.24, 2.45) is 23.2 Å². The van der Waals surface area contributed by atoms with Crippen molar-refractivity contribution in [3.63, 3.8) is 0 Å². The van der Waals surface area contributed by atoms with E-state index in [0.717, 1.165) is 37.0 Å². The fourth-order valence-electron chi connectivity index (χ4n) is 6.01. The maximum absolute atomic E-state index is 13.0. The molecule has 6 rings (SSSR count). The van der Waals surface area contributed by atoms with Gasteiger partial charge in [-0.2, -0.15) is 0 Å². The molecule has 0 atom stereocenters. The number of hydrogen-bond acceptors (Lipinski definition) is 3. The molecule has 0 radical (unpaired) electrons. The molecule has 0 heterocycles. The van der Waals surface area contributed by atoms with Gasteiger partial charge in [-0.25, -0.2) is 0 Å². The number of rotatable bonds is 4. The average Bonchev–Trinajstić information content (AvgIpc) is 2.68. The highest BCUT2D eigenvalue weighted by Gasteiger charge is 2.55. The van der Waals surface area contributed by atoms with Crippen LogP contribution in [0.25, 0.3) is 0 Å². The first-order valence-electron chi connectivity index (χ1n) is 10.0. The second-order valence-corrected chi connectivity index (χ2v) is 8.81. The van der Waals surface area contributed by atoms with Crippen molar-refractivity contribution in [3.8, 4) is 5.75 Å². The molecule has 27 heavy (non-hydrogen) atoms. The number of hydrogen-bond donors (Lipinski definition) is 0. The topological polar surface area (TPSA) is 43.4 Å². The molecule has 4 saturated carbocycles. The first-order valence-corrected chi connectivity index (χ1v) is 10.0. The standard InChI is InChI=1S/C24H24O3/c25-22(19-4-2-1-3-5-19)20-6-8-21(9-7-20)27-23(26)24-13-16-10-17(14-24)12-18(11-16)15-24/h1-9,16-18H,10-15H2. The van der Waals surface area contributed by atoms with Gasteiger partial charge in [0.05, 0.1) is 5.41 Å². The molecule has 0 aromatic heterocycles.